The lowest BCUT2D eigenvalue weighted by Crippen LogP contribution is -2.58. The number of hydrogen-bond acceptors (Lipinski definition) is 2. The molecule has 1 aromatic carbocycles. The highest BCUT2D eigenvalue weighted by atomic mass is 79.9. The summed E-state index contributed by atoms with van der Waals surface area (Å²) < 4.78 is 1.61. The Hall–Kier alpha value is -0.460. The standard InChI is InChI=1S/C15H18Br2N2OS/c1-9-4-6-15(7-5-9,14(18)21)19-13(20)11-8-10(16)2-3-12(11)17/h2-3,8-9H,4-7H2,1H3,(H2,18,21)(H,19,20). The van der Waals surface area contributed by atoms with Crippen molar-refractivity contribution in [3.63, 3.8) is 0 Å². The molecule has 0 aromatic heterocycles. The van der Waals surface area contributed by atoms with Crippen LogP contribution < -0.4 is 11.1 Å². The summed E-state index contributed by atoms with van der Waals surface area (Å²) >= 11 is 12.0. The Kier molecular flexibility index (Phi) is 5.43. The maximum atomic E-state index is 12.6. The van der Waals surface area contributed by atoms with Crippen LogP contribution in [0.25, 0.3) is 0 Å². The number of nitrogens with two attached hydrogens (primary N) is 1. The fourth-order valence-corrected chi connectivity index (χ4v) is 3.69. The van der Waals surface area contributed by atoms with Gasteiger partial charge in [0.25, 0.3) is 5.91 Å². The van der Waals surface area contributed by atoms with E-state index in [-0.39, 0.29) is 5.91 Å². The fourth-order valence-electron chi connectivity index (χ4n) is 2.64. The van der Waals surface area contributed by atoms with Crippen molar-refractivity contribution >= 4 is 55.0 Å². The third-order valence-electron chi connectivity index (χ3n) is 4.13. The minimum Gasteiger partial charge on any atom is -0.391 e. The summed E-state index contributed by atoms with van der Waals surface area (Å²) in [5.41, 5.74) is 5.96. The maximum Gasteiger partial charge on any atom is 0.253 e. The number of nitrogens with one attached hydrogen (secondary N) is 1. The summed E-state index contributed by atoms with van der Waals surface area (Å²) in [6, 6.07) is 5.51. The molecule has 6 heteroatoms. The first-order valence-electron chi connectivity index (χ1n) is 6.91. The molecule has 0 radical (unpaired) electrons. The van der Waals surface area contributed by atoms with Crippen molar-refractivity contribution in [1.82, 2.24) is 5.32 Å². The Morgan fingerprint density at radius 2 is 2.00 bits per heavy atom. The second kappa shape index (κ2) is 6.75. The van der Waals surface area contributed by atoms with E-state index >= 15 is 0 Å². The smallest absolute Gasteiger partial charge is 0.253 e. The Morgan fingerprint density at radius 3 is 2.57 bits per heavy atom. The van der Waals surface area contributed by atoms with Gasteiger partial charge in [-0.1, -0.05) is 35.1 Å². The molecule has 0 saturated heterocycles. The summed E-state index contributed by atoms with van der Waals surface area (Å²) in [6.45, 7) is 2.22. The number of amides is 1. The van der Waals surface area contributed by atoms with E-state index in [1.54, 1.807) is 6.07 Å². The van der Waals surface area contributed by atoms with Crippen LogP contribution in [0.4, 0.5) is 0 Å². The molecule has 0 unspecified atom stereocenters. The Balaban J connectivity index is 2.23. The summed E-state index contributed by atoms with van der Waals surface area (Å²) in [4.78, 5) is 13.0. The Morgan fingerprint density at radius 1 is 1.38 bits per heavy atom. The van der Waals surface area contributed by atoms with Crippen LogP contribution in [0.3, 0.4) is 0 Å². The number of thiocarbonyl (C=S) groups is 1. The molecule has 21 heavy (non-hydrogen) atoms. The van der Waals surface area contributed by atoms with Crippen LogP contribution in [-0.2, 0) is 0 Å². The van der Waals surface area contributed by atoms with Gasteiger partial charge in [-0.05, 0) is 65.7 Å². The molecule has 0 bridgehead atoms. The quantitative estimate of drug-likeness (QED) is 0.703. The van der Waals surface area contributed by atoms with E-state index in [4.69, 9.17) is 18.0 Å². The molecule has 0 atom stereocenters. The van der Waals surface area contributed by atoms with Gasteiger partial charge in [0.15, 0.2) is 0 Å². The van der Waals surface area contributed by atoms with E-state index < -0.39 is 5.54 Å². The molecular formula is C15H18Br2N2OS. The monoisotopic (exact) mass is 432 g/mol. The summed E-state index contributed by atoms with van der Waals surface area (Å²) in [5, 5.41) is 3.08. The van der Waals surface area contributed by atoms with Crippen LogP contribution in [0.1, 0.15) is 43.0 Å². The first-order chi connectivity index (χ1) is 9.84. The van der Waals surface area contributed by atoms with Gasteiger partial charge in [0, 0.05) is 8.95 Å². The molecule has 1 fully saturated rings. The molecule has 1 aliphatic rings. The topological polar surface area (TPSA) is 55.1 Å². The van der Waals surface area contributed by atoms with Crippen molar-refractivity contribution in [1.29, 1.82) is 0 Å². The van der Waals surface area contributed by atoms with Gasteiger partial charge in [-0.3, -0.25) is 4.79 Å². The van der Waals surface area contributed by atoms with Gasteiger partial charge in [0.2, 0.25) is 0 Å². The average molecular weight is 434 g/mol. The molecule has 1 amide bonds. The maximum absolute atomic E-state index is 12.6. The van der Waals surface area contributed by atoms with Crippen LogP contribution in [0.2, 0.25) is 0 Å². The minimum atomic E-state index is -0.555. The van der Waals surface area contributed by atoms with Gasteiger partial charge in [0.05, 0.1) is 16.1 Å². The van der Waals surface area contributed by atoms with Gasteiger partial charge >= 0.3 is 0 Å². The fraction of sp³-hybridized carbons (Fsp3) is 0.467. The molecule has 3 nitrogen and oxygen atoms in total. The highest BCUT2D eigenvalue weighted by molar-refractivity contribution is 9.11. The third kappa shape index (κ3) is 3.85. The molecule has 1 saturated carbocycles. The molecular weight excluding hydrogens is 416 g/mol. The van der Waals surface area contributed by atoms with Crippen molar-refractivity contribution < 1.29 is 4.79 Å². The molecule has 3 N–H and O–H groups in total. The molecule has 2 rings (SSSR count). The number of rotatable bonds is 3. The number of carbonyl (C=O) groups excluding carboxylic acids is 1. The van der Waals surface area contributed by atoms with Crippen molar-refractivity contribution in [2.24, 2.45) is 11.7 Å². The van der Waals surface area contributed by atoms with Crippen LogP contribution in [0.5, 0.6) is 0 Å². The Bertz CT molecular complexity index is 569. The second-order valence-corrected chi connectivity index (χ2v) is 7.92. The van der Waals surface area contributed by atoms with Crippen molar-refractivity contribution in [2.75, 3.05) is 0 Å². The summed E-state index contributed by atoms with van der Waals surface area (Å²) in [7, 11) is 0. The molecule has 0 aliphatic heterocycles. The van der Waals surface area contributed by atoms with Crippen LogP contribution in [0, 0.1) is 5.92 Å². The lowest BCUT2D eigenvalue weighted by molar-refractivity contribution is 0.0900. The van der Waals surface area contributed by atoms with E-state index in [2.05, 4.69) is 44.1 Å². The SMILES string of the molecule is CC1CCC(NC(=O)c2cc(Br)ccc2Br)(C(N)=S)CC1. The highest BCUT2D eigenvalue weighted by Crippen LogP contribution is 2.33. The minimum absolute atomic E-state index is 0.148. The van der Waals surface area contributed by atoms with Gasteiger partial charge in [-0.15, -0.1) is 0 Å². The first kappa shape index (κ1) is 16.9. The third-order valence-corrected chi connectivity index (χ3v) is 5.70. The summed E-state index contributed by atoms with van der Waals surface area (Å²) in [6.07, 6.45) is 3.66. The second-order valence-electron chi connectivity index (χ2n) is 5.71. The van der Waals surface area contributed by atoms with Crippen LogP contribution in [0.15, 0.2) is 27.1 Å². The molecule has 114 valence electrons. The number of carbonyl (C=O) groups is 1. The summed E-state index contributed by atoms with van der Waals surface area (Å²) in [5.74, 6) is 0.507. The van der Waals surface area contributed by atoms with E-state index in [9.17, 15) is 4.79 Å². The predicted molar refractivity (Wildman–Crippen MR) is 96.5 cm³/mol. The normalized spacial score (nSPS) is 25.4. The van der Waals surface area contributed by atoms with Gasteiger partial charge in [0.1, 0.15) is 0 Å². The van der Waals surface area contributed by atoms with E-state index in [0.717, 1.165) is 34.6 Å². The van der Waals surface area contributed by atoms with E-state index in [0.29, 0.717) is 16.5 Å². The van der Waals surface area contributed by atoms with Gasteiger partial charge < -0.3 is 11.1 Å². The number of halogens is 2. The van der Waals surface area contributed by atoms with Gasteiger partial charge in [-0.2, -0.15) is 0 Å². The largest absolute Gasteiger partial charge is 0.391 e. The lowest BCUT2D eigenvalue weighted by Gasteiger charge is -2.39. The van der Waals surface area contributed by atoms with Crippen molar-refractivity contribution in [3.8, 4) is 0 Å². The van der Waals surface area contributed by atoms with Crippen LogP contribution >= 0.6 is 44.1 Å². The Labute approximate surface area is 147 Å². The van der Waals surface area contributed by atoms with E-state index in [1.807, 2.05) is 12.1 Å². The predicted octanol–water partition coefficient (Wildman–Crippen LogP) is 4.18. The lowest BCUT2D eigenvalue weighted by atomic mass is 9.77. The van der Waals surface area contributed by atoms with E-state index in [1.165, 1.54) is 0 Å². The molecule has 0 heterocycles. The average Bonchev–Trinajstić information content (AvgIpc) is 2.44. The van der Waals surface area contributed by atoms with Crippen molar-refractivity contribution in [2.45, 2.75) is 38.1 Å². The zero-order chi connectivity index (χ0) is 15.6. The molecule has 1 aromatic rings. The number of benzene rings is 1. The van der Waals surface area contributed by atoms with Crippen molar-refractivity contribution in [3.05, 3.63) is 32.7 Å². The zero-order valence-electron chi connectivity index (χ0n) is 11.8. The highest BCUT2D eigenvalue weighted by Gasteiger charge is 2.38. The number of hydrogen-bond donors (Lipinski definition) is 2. The molecule has 0 spiro atoms. The van der Waals surface area contributed by atoms with Crippen LogP contribution in [-0.4, -0.2) is 16.4 Å². The zero-order valence-corrected chi connectivity index (χ0v) is 15.8. The van der Waals surface area contributed by atoms with Gasteiger partial charge in [-0.25, -0.2) is 0 Å². The first-order valence-corrected chi connectivity index (χ1v) is 8.91. The molecule has 1 aliphatic carbocycles.